The van der Waals surface area contributed by atoms with E-state index in [0.717, 1.165) is 6.42 Å². The molecule has 5 atom stereocenters. The third-order valence-corrected chi connectivity index (χ3v) is 3.84. The van der Waals surface area contributed by atoms with Crippen LogP contribution >= 0.6 is 0 Å². The van der Waals surface area contributed by atoms with E-state index >= 15 is 0 Å². The molecule has 0 spiro atoms. The van der Waals surface area contributed by atoms with Gasteiger partial charge in [0.15, 0.2) is 5.79 Å². The van der Waals surface area contributed by atoms with Crippen LogP contribution in [0.25, 0.3) is 0 Å². The average molecular weight is 238 g/mol. The molecule has 1 saturated heterocycles. The summed E-state index contributed by atoms with van der Waals surface area (Å²) in [5.41, 5.74) is 0. The van der Waals surface area contributed by atoms with E-state index in [9.17, 15) is 0 Å². The van der Waals surface area contributed by atoms with Gasteiger partial charge in [0.05, 0.1) is 12.2 Å². The maximum absolute atomic E-state index is 6.07. The maximum atomic E-state index is 6.07. The lowest BCUT2D eigenvalue weighted by Gasteiger charge is -2.48. The molecule has 1 rings (SSSR count). The molecule has 1 heterocycles. The van der Waals surface area contributed by atoms with Crippen LogP contribution in [0.2, 0.25) is 0 Å². The lowest BCUT2D eigenvalue weighted by atomic mass is 9.82. The Morgan fingerprint density at radius 1 is 1.24 bits per heavy atom. The predicted octanol–water partition coefficient (Wildman–Crippen LogP) is 3.46. The Morgan fingerprint density at radius 2 is 1.76 bits per heavy atom. The molecule has 0 bridgehead atoms. The molecule has 2 heteroatoms. The fourth-order valence-corrected chi connectivity index (χ4v) is 2.60. The summed E-state index contributed by atoms with van der Waals surface area (Å²) >= 11 is 0. The van der Waals surface area contributed by atoms with E-state index in [2.05, 4.69) is 33.6 Å². The first-order valence-electron chi connectivity index (χ1n) is 6.64. The highest BCUT2D eigenvalue weighted by Gasteiger charge is 2.44. The molecule has 0 aromatic rings. The van der Waals surface area contributed by atoms with Gasteiger partial charge in [-0.15, -0.1) is 12.3 Å². The first-order chi connectivity index (χ1) is 7.82. The van der Waals surface area contributed by atoms with Crippen LogP contribution in [0.3, 0.4) is 0 Å². The highest BCUT2D eigenvalue weighted by atomic mass is 16.7. The number of rotatable bonds is 3. The molecular weight excluding hydrogens is 212 g/mol. The largest absolute Gasteiger partial charge is 0.347 e. The second kappa shape index (κ2) is 5.42. The lowest BCUT2D eigenvalue weighted by molar-refractivity contribution is -0.331. The van der Waals surface area contributed by atoms with Crippen LogP contribution in [0.15, 0.2) is 0 Å². The first kappa shape index (κ1) is 14.5. The molecule has 0 amide bonds. The molecule has 0 aromatic heterocycles. The minimum atomic E-state index is -0.531. The van der Waals surface area contributed by atoms with Crippen molar-refractivity contribution in [2.24, 2.45) is 17.8 Å². The van der Waals surface area contributed by atoms with Crippen LogP contribution in [0, 0.1) is 30.1 Å². The van der Waals surface area contributed by atoms with E-state index in [-0.39, 0.29) is 18.1 Å². The van der Waals surface area contributed by atoms with Crippen molar-refractivity contribution in [3.05, 3.63) is 0 Å². The lowest BCUT2D eigenvalue weighted by Crippen LogP contribution is -2.53. The third kappa shape index (κ3) is 3.24. The Bertz CT molecular complexity index is 290. The van der Waals surface area contributed by atoms with Gasteiger partial charge in [-0.3, -0.25) is 0 Å². The zero-order valence-corrected chi connectivity index (χ0v) is 12.0. The van der Waals surface area contributed by atoms with Crippen LogP contribution in [0.4, 0.5) is 0 Å². The molecule has 0 aromatic carbocycles. The minimum absolute atomic E-state index is 0.0859. The van der Waals surface area contributed by atoms with E-state index in [1.54, 1.807) is 0 Å². The number of hydrogen-bond donors (Lipinski definition) is 0. The molecule has 1 aliphatic rings. The maximum Gasteiger partial charge on any atom is 0.163 e. The minimum Gasteiger partial charge on any atom is -0.347 e. The summed E-state index contributed by atoms with van der Waals surface area (Å²) in [5, 5.41) is 0. The quantitative estimate of drug-likeness (QED) is 0.701. The SMILES string of the molecule is C#C[C@H](C)[C@@H]1OC(C)(C)O[C@@H]([C@H](C)CC)[C@@H]1C. The Balaban J connectivity index is 2.91. The van der Waals surface area contributed by atoms with E-state index in [1.807, 2.05) is 13.8 Å². The van der Waals surface area contributed by atoms with Crippen molar-refractivity contribution in [1.29, 1.82) is 0 Å². The van der Waals surface area contributed by atoms with Crippen molar-refractivity contribution in [2.75, 3.05) is 0 Å². The summed E-state index contributed by atoms with van der Waals surface area (Å²) in [7, 11) is 0. The molecule has 17 heavy (non-hydrogen) atoms. The highest BCUT2D eigenvalue weighted by Crippen LogP contribution is 2.37. The van der Waals surface area contributed by atoms with Crippen molar-refractivity contribution in [3.63, 3.8) is 0 Å². The Kier molecular flexibility index (Phi) is 4.63. The van der Waals surface area contributed by atoms with Gasteiger partial charge in [-0.2, -0.15) is 0 Å². The summed E-state index contributed by atoms with van der Waals surface area (Å²) in [6.45, 7) is 12.6. The molecule has 98 valence electrons. The standard InChI is InChI=1S/C15H26O2/c1-8-10(3)13-12(5)14(11(4)9-2)17-15(6,7)16-13/h1,10-14H,9H2,2-7H3/t10-,11+,12+,13-,14-/m0/s1. The fraction of sp³-hybridized carbons (Fsp3) is 0.867. The second-order valence-corrected chi connectivity index (χ2v) is 5.76. The van der Waals surface area contributed by atoms with Crippen LogP contribution in [-0.2, 0) is 9.47 Å². The van der Waals surface area contributed by atoms with Gasteiger partial charge >= 0.3 is 0 Å². The van der Waals surface area contributed by atoms with Crippen molar-refractivity contribution in [2.45, 2.75) is 66.0 Å². The van der Waals surface area contributed by atoms with Gasteiger partial charge in [-0.05, 0) is 26.7 Å². The van der Waals surface area contributed by atoms with Gasteiger partial charge in [-0.25, -0.2) is 0 Å². The van der Waals surface area contributed by atoms with E-state index in [4.69, 9.17) is 15.9 Å². The Hall–Kier alpha value is -0.520. The topological polar surface area (TPSA) is 18.5 Å². The van der Waals surface area contributed by atoms with Gasteiger partial charge < -0.3 is 9.47 Å². The van der Waals surface area contributed by atoms with E-state index in [0.29, 0.717) is 11.8 Å². The molecule has 0 aliphatic carbocycles. The normalized spacial score (nSPS) is 35.9. The molecule has 0 unspecified atom stereocenters. The molecule has 0 N–H and O–H groups in total. The summed E-state index contributed by atoms with van der Waals surface area (Å²) in [5.74, 6) is 3.26. The van der Waals surface area contributed by atoms with Crippen molar-refractivity contribution in [1.82, 2.24) is 0 Å². The molecule has 0 saturated carbocycles. The van der Waals surface area contributed by atoms with E-state index < -0.39 is 5.79 Å². The van der Waals surface area contributed by atoms with Crippen LogP contribution in [0.1, 0.15) is 48.0 Å². The van der Waals surface area contributed by atoms with Crippen molar-refractivity contribution < 1.29 is 9.47 Å². The zero-order chi connectivity index (χ0) is 13.2. The van der Waals surface area contributed by atoms with Crippen LogP contribution in [-0.4, -0.2) is 18.0 Å². The molecular formula is C15H26O2. The summed E-state index contributed by atoms with van der Waals surface area (Å²) < 4.78 is 12.1. The fourth-order valence-electron chi connectivity index (χ4n) is 2.60. The van der Waals surface area contributed by atoms with Gasteiger partial charge in [-0.1, -0.05) is 27.2 Å². The highest BCUT2D eigenvalue weighted by molar-refractivity contribution is 4.99. The Labute approximate surface area is 106 Å². The monoisotopic (exact) mass is 238 g/mol. The Morgan fingerprint density at radius 3 is 2.24 bits per heavy atom. The number of terminal acetylenes is 1. The molecule has 1 fully saturated rings. The summed E-state index contributed by atoms with van der Waals surface area (Å²) in [6.07, 6.45) is 6.96. The van der Waals surface area contributed by atoms with Crippen LogP contribution in [0.5, 0.6) is 0 Å². The van der Waals surface area contributed by atoms with Gasteiger partial charge in [0.2, 0.25) is 0 Å². The first-order valence-corrected chi connectivity index (χ1v) is 6.64. The molecule has 2 nitrogen and oxygen atoms in total. The van der Waals surface area contributed by atoms with Gasteiger partial charge in [0.25, 0.3) is 0 Å². The van der Waals surface area contributed by atoms with Crippen molar-refractivity contribution in [3.8, 4) is 12.3 Å². The summed E-state index contributed by atoms with van der Waals surface area (Å²) in [4.78, 5) is 0. The number of ether oxygens (including phenoxy) is 2. The molecule has 1 aliphatic heterocycles. The van der Waals surface area contributed by atoms with E-state index in [1.165, 1.54) is 0 Å². The third-order valence-electron chi connectivity index (χ3n) is 3.84. The second-order valence-electron chi connectivity index (χ2n) is 5.76. The molecule has 0 radical (unpaired) electrons. The predicted molar refractivity (Wildman–Crippen MR) is 70.4 cm³/mol. The number of hydrogen-bond acceptors (Lipinski definition) is 2. The zero-order valence-electron chi connectivity index (χ0n) is 12.0. The smallest absolute Gasteiger partial charge is 0.163 e. The average Bonchev–Trinajstić information content (AvgIpc) is 2.29. The van der Waals surface area contributed by atoms with Crippen molar-refractivity contribution >= 4 is 0 Å². The summed E-state index contributed by atoms with van der Waals surface area (Å²) in [6, 6.07) is 0. The van der Waals surface area contributed by atoms with Crippen LogP contribution < -0.4 is 0 Å². The van der Waals surface area contributed by atoms with Gasteiger partial charge in [0, 0.05) is 11.8 Å². The van der Waals surface area contributed by atoms with Gasteiger partial charge in [0.1, 0.15) is 0 Å².